The van der Waals surface area contributed by atoms with Crippen LogP contribution in [0.1, 0.15) is 107 Å². The van der Waals surface area contributed by atoms with Gasteiger partial charge in [0.1, 0.15) is 5.58 Å². The van der Waals surface area contributed by atoms with Gasteiger partial charge in [-0.3, -0.25) is 14.4 Å². The molecule has 0 saturated heterocycles. The largest absolute Gasteiger partial charge is 0.501 e. The van der Waals surface area contributed by atoms with E-state index in [1.807, 2.05) is 24.3 Å². The zero-order valence-corrected chi connectivity index (χ0v) is 35.0. The van der Waals surface area contributed by atoms with Crippen molar-refractivity contribution in [1.29, 1.82) is 0 Å². The first-order chi connectivity index (χ1) is 28.7. The van der Waals surface area contributed by atoms with Crippen LogP contribution in [-0.2, 0) is 25.5 Å². The van der Waals surface area contributed by atoms with Crippen molar-refractivity contribution in [3.8, 4) is 22.6 Å². The second-order valence-corrected chi connectivity index (χ2v) is 16.8. The van der Waals surface area contributed by atoms with Crippen molar-refractivity contribution in [2.24, 2.45) is 5.41 Å². The van der Waals surface area contributed by atoms with Gasteiger partial charge in [0.2, 0.25) is 0 Å². The molecule has 0 aliphatic heterocycles. The van der Waals surface area contributed by atoms with E-state index in [0.29, 0.717) is 52.0 Å². The molecule has 0 unspecified atom stereocenters. The van der Waals surface area contributed by atoms with Gasteiger partial charge in [0, 0.05) is 60.3 Å². The van der Waals surface area contributed by atoms with Crippen LogP contribution in [0.15, 0.2) is 108 Å². The zero-order valence-electron chi connectivity index (χ0n) is 36.6. The Kier molecular flexibility index (Phi) is 9.55. The average molecular weight is 934 g/mol. The standard InChI is InChI=1S/C37H34NO.C14H14FN2.Ir/c1-24-23-38-34(21-31(24)26-14-18-37(19-15-26)16-5-2-6-17-37)30-11-7-10-29-33-20-27-13-12-25-8-3-4-9-28(25)32(27)22-35(33)39-36(29)30;1-14(2,3)12-8-9-16-13(17-12)10-4-6-11(15)7-5-10;/h3-4,7-10,12-13,20-23,26H,2,5-6,14-19H2,1H3;4,6-9H,1-3H3;/q2*-1;/i1D3,26D;;. The Morgan fingerprint density at radius 1 is 0.825 bits per heavy atom. The number of hydrogen-bond donors (Lipinski definition) is 0. The van der Waals surface area contributed by atoms with Crippen LogP contribution >= 0.6 is 0 Å². The number of halogens is 1. The maximum atomic E-state index is 12.8. The van der Waals surface area contributed by atoms with Crippen molar-refractivity contribution in [2.45, 2.75) is 96.7 Å². The van der Waals surface area contributed by atoms with Crippen LogP contribution in [0.4, 0.5) is 4.39 Å². The minimum Gasteiger partial charge on any atom is -0.501 e. The van der Waals surface area contributed by atoms with Gasteiger partial charge in [-0.15, -0.1) is 48.0 Å². The van der Waals surface area contributed by atoms with Gasteiger partial charge < -0.3 is 9.40 Å². The Morgan fingerprint density at radius 2 is 1.63 bits per heavy atom. The minimum atomic E-state index is -2.34. The molecule has 3 heterocycles. The maximum Gasteiger partial charge on any atom is 0.121 e. The molecule has 1 spiro atoms. The van der Waals surface area contributed by atoms with E-state index in [1.54, 1.807) is 12.3 Å². The van der Waals surface area contributed by atoms with Crippen LogP contribution in [0.2, 0.25) is 0 Å². The molecule has 2 fully saturated rings. The molecule has 57 heavy (non-hydrogen) atoms. The van der Waals surface area contributed by atoms with Gasteiger partial charge in [0.25, 0.3) is 0 Å². The molecule has 4 nitrogen and oxygen atoms in total. The zero-order chi connectivity index (χ0) is 41.9. The number of nitrogens with zero attached hydrogens (tertiary/aromatic N) is 3. The second-order valence-electron chi connectivity index (χ2n) is 16.8. The van der Waals surface area contributed by atoms with Gasteiger partial charge in [-0.1, -0.05) is 93.4 Å². The molecule has 0 atom stereocenters. The minimum absolute atomic E-state index is 0. The monoisotopic (exact) mass is 934 g/mol. The summed E-state index contributed by atoms with van der Waals surface area (Å²) >= 11 is 0. The van der Waals surface area contributed by atoms with E-state index < -0.39 is 12.7 Å². The van der Waals surface area contributed by atoms with Gasteiger partial charge >= 0.3 is 0 Å². The number of fused-ring (bicyclic) bond motifs is 6. The predicted molar refractivity (Wildman–Crippen MR) is 227 cm³/mol. The Morgan fingerprint density at radius 3 is 2.40 bits per heavy atom. The number of rotatable bonds is 3. The summed E-state index contributed by atoms with van der Waals surface area (Å²) in [5.41, 5.74) is 5.53. The van der Waals surface area contributed by atoms with E-state index in [1.165, 1.54) is 61.2 Å². The third kappa shape index (κ3) is 7.79. The molecule has 0 N–H and O–H groups in total. The van der Waals surface area contributed by atoms with Gasteiger partial charge in [-0.2, -0.15) is 0 Å². The van der Waals surface area contributed by atoms with Crippen molar-refractivity contribution in [2.75, 3.05) is 0 Å². The molecule has 2 aliphatic carbocycles. The first-order valence-corrected chi connectivity index (χ1v) is 19.9. The summed E-state index contributed by atoms with van der Waals surface area (Å²) in [4.78, 5) is 13.3. The smallest absolute Gasteiger partial charge is 0.121 e. The van der Waals surface area contributed by atoms with Crippen LogP contribution in [0.3, 0.4) is 0 Å². The molecule has 10 rings (SSSR count). The Labute approximate surface area is 354 Å². The summed E-state index contributed by atoms with van der Waals surface area (Å²) in [5, 5.41) is 6.65. The van der Waals surface area contributed by atoms with Crippen molar-refractivity contribution < 1.29 is 34.4 Å². The fourth-order valence-electron chi connectivity index (χ4n) is 8.92. The Hall–Kier alpha value is -4.77. The molecule has 2 aliphatic rings. The summed E-state index contributed by atoms with van der Waals surface area (Å²) in [6.45, 7) is 3.93. The molecule has 6 heteroatoms. The Balaban J connectivity index is 0.000000241. The van der Waals surface area contributed by atoms with E-state index >= 15 is 0 Å². The summed E-state index contributed by atoms with van der Waals surface area (Å²) in [6, 6.07) is 35.2. The van der Waals surface area contributed by atoms with Crippen molar-refractivity contribution in [3.63, 3.8) is 0 Å². The van der Waals surface area contributed by atoms with Crippen molar-refractivity contribution >= 4 is 43.5 Å². The molecular weight excluding hydrogens is 882 g/mol. The third-order valence-electron chi connectivity index (χ3n) is 12.1. The van der Waals surface area contributed by atoms with Crippen molar-refractivity contribution in [3.05, 3.63) is 138 Å². The summed E-state index contributed by atoms with van der Waals surface area (Å²) in [6.07, 6.45) is 12.9. The van der Waals surface area contributed by atoms with Crippen LogP contribution in [0.5, 0.6) is 0 Å². The summed E-state index contributed by atoms with van der Waals surface area (Å²) < 4.78 is 53.9. The van der Waals surface area contributed by atoms with E-state index in [0.717, 1.165) is 45.7 Å². The molecule has 1 radical (unpaired) electrons. The van der Waals surface area contributed by atoms with E-state index in [2.05, 4.69) is 96.4 Å². The van der Waals surface area contributed by atoms with Crippen molar-refractivity contribution in [1.82, 2.24) is 15.0 Å². The third-order valence-corrected chi connectivity index (χ3v) is 12.1. The SMILES string of the molecule is CC(C)(C)c1ccnc(-c2[c-]cc(F)cc2)n1.[2H]C([2H])([2H])c1cnc(-c2[c-]ccc3c2oc2cc4c(ccc5ccccc54)cc23)cc1C1([2H])CCC2(CCCCC2)CC1.[Ir]. The van der Waals surface area contributed by atoms with Crippen LogP contribution in [-0.4, -0.2) is 15.0 Å². The number of aryl methyl sites for hydroxylation is 1. The molecule has 8 aromatic rings. The van der Waals surface area contributed by atoms with E-state index in [-0.39, 0.29) is 36.9 Å². The normalized spacial score (nSPS) is 17.6. The molecule has 2 saturated carbocycles. The Bertz CT molecular complexity index is 2870. The number of benzene rings is 5. The van der Waals surface area contributed by atoms with Crippen LogP contribution < -0.4 is 0 Å². The quantitative estimate of drug-likeness (QED) is 0.131. The molecular formula is C51H48FIrN3O-2. The van der Waals surface area contributed by atoms with Crippen LogP contribution in [0, 0.1) is 30.2 Å². The first kappa shape index (κ1) is 34.3. The summed E-state index contributed by atoms with van der Waals surface area (Å²) in [5.74, 6) is -0.678. The van der Waals surface area contributed by atoms with Gasteiger partial charge in [-0.05, 0) is 113 Å². The van der Waals surface area contributed by atoms with Gasteiger partial charge in [0.15, 0.2) is 0 Å². The topological polar surface area (TPSA) is 51.8 Å². The molecule has 3 aromatic heterocycles. The number of furan rings is 1. The number of pyridine rings is 1. The fraction of sp³-hybridized carbons (Fsp3) is 0.314. The first-order valence-electron chi connectivity index (χ1n) is 21.9. The number of hydrogen-bond acceptors (Lipinski definition) is 4. The average Bonchev–Trinajstić information content (AvgIpc) is 3.62. The summed E-state index contributed by atoms with van der Waals surface area (Å²) in [7, 11) is 0. The van der Waals surface area contributed by atoms with Gasteiger partial charge in [0.05, 0.1) is 11.4 Å². The molecule has 0 bridgehead atoms. The van der Waals surface area contributed by atoms with Gasteiger partial charge in [-0.25, -0.2) is 0 Å². The predicted octanol–water partition coefficient (Wildman–Crippen LogP) is 14.0. The molecule has 291 valence electrons. The molecule has 5 aromatic carbocycles. The maximum absolute atomic E-state index is 12.8. The van der Waals surface area contributed by atoms with Crippen LogP contribution in [0.25, 0.3) is 66.1 Å². The van der Waals surface area contributed by atoms with E-state index in [4.69, 9.17) is 8.53 Å². The molecule has 0 amide bonds. The van der Waals surface area contributed by atoms with E-state index in [9.17, 15) is 5.76 Å². The second kappa shape index (κ2) is 15.9. The number of aromatic nitrogens is 3. The fourth-order valence-corrected chi connectivity index (χ4v) is 8.92.